The van der Waals surface area contributed by atoms with Crippen LogP contribution in [0.2, 0.25) is 0 Å². The fourth-order valence-electron chi connectivity index (χ4n) is 2.01. The molecule has 0 aliphatic rings. The van der Waals surface area contributed by atoms with E-state index in [2.05, 4.69) is 42.3 Å². The van der Waals surface area contributed by atoms with E-state index in [1.54, 1.807) is 11.3 Å². The summed E-state index contributed by atoms with van der Waals surface area (Å²) in [6.45, 7) is 8.77. The maximum Gasteiger partial charge on any atom is 0.124 e. The maximum absolute atomic E-state index is 5.95. The minimum absolute atomic E-state index is 0.593. The summed E-state index contributed by atoms with van der Waals surface area (Å²) >= 11 is 1.69. The lowest BCUT2D eigenvalue weighted by atomic mass is 10.1. The van der Waals surface area contributed by atoms with Crippen molar-refractivity contribution in [1.82, 2.24) is 10.3 Å². The molecule has 20 heavy (non-hydrogen) atoms. The second-order valence-corrected chi connectivity index (χ2v) is 6.24. The molecule has 1 aromatic heterocycles. The predicted molar refractivity (Wildman–Crippen MR) is 84.4 cm³/mol. The van der Waals surface area contributed by atoms with Crippen LogP contribution in [-0.4, -0.2) is 11.5 Å². The molecule has 0 fully saturated rings. The van der Waals surface area contributed by atoms with Crippen LogP contribution in [0, 0.1) is 13.8 Å². The second-order valence-electron chi connectivity index (χ2n) is 4.92. The zero-order valence-electron chi connectivity index (χ0n) is 12.4. The molecular weight excluding hydrogens is 268 g/mol. The van der Waals surface area contributed by atoms with Crippen LogP contribution >= 0.6 is 11.3 Å². The van der Waals surface area contributed by atoms with E-state index in [-0.39, 0.29) is 0 Å². The summed E-state index contributed by atoms with van der Waals surface area (Å²) < 4.78 is 5.95. The Labute approximate surface area is 125 Å². The van der Waals surface area contributed by atoms with Gasteiger partial charge in [0.25, 0.3) is 0 Å². The minimum Gasteiger partial charge on any atom is -0.488 e. The van der Waals surface area contributed by atoms with E-state index < -0.39 is 0 Å². The average Bonchev–Trinajstić information content (AvgIpc) is 2.84. The molecule has 0 saturated carbocycles. The van der Waals surface area contributed by atoms with Crippen molar-refractivity contribution >= 4 is 11.3 Å². The van der Waals surface area contributed by atoms with Crippen molar-refractivity contribution in [2.24, 2.45) is 0 Å². The lowest BCUT2D eigenvalue weighted by molar-refractivity contribution is 0.305. The van der Waals surface area contributed by atoms with E-state index in [1.807, 2.05) is 13.1 Å². The van der Waals surface area contributed by atoms with Gasteiger partial charge >= 0.3 is 0 Å². The van der Waals surface area contributed by atoms with Crippen molar-refractivity contribution in [3.05, 3.63) is 45.4 Å². The van der Waals surface area contributed by atoms with E-state index in [4.69, 9.17) is 4.74 Å². The van der Waals surface area contributed by atoms with E-state index in [0.717, 1.165) is 35.1 Å². The minimum atomic E-state index is 0.593. The smallest absolute Gasteiger partial charge is 0.124 e. The van der Waals surface area contributed by atoms with Crippen LogP contribution in [0.1, 0.15) is 34.4 Å². The van der Waals surface area contributed by atoms with Gasteiger partial charge in [0, 0.05) is 18.3 Å². The summed E-state index contributed by atoms with van der Waals surface area (Å²) in [5.41, 5.74) is 2.49. The monoisotopic (exact) mass is 290 g/mol. The average molecular weight is 290 g/mol. The largest absolute Gasteiger partial charge is 0.488 e. The highest BCUT2D eigenvalue weighted by atomic mass is 32.1. The first kappa shape index (κ1) is 15.0. The highest BCUT2D eigenvalue weighted by Gasteiger charge is 2.06. The zero-order chi connectivity index (χ0) is 14.4. The molecule has 0 bridgehead atoms. The number of ether oxygens (including phenoxy) is 1. The quantitative estimate of drug-likeness (QED) is 0.787. The van der Waals surface area contributed by atoms with Gasteiger partial charge < -0.3 is 10.1 Å². The van der Waals surface area contributed by atoms with E-state index >= 15 is 0 Å². The van der Waals surface area contributed by atoms with Crippen LogP contribution in [0.4, 0.5) is 0 Å². The van der Waals surface area contributed by atoms with Crippen molar-refractivity contribution in [3.63, 3.8) is 0 Å². The number of thiazole rings is 1. The summed E-state index contributed by atoms with van der Waals surface area (Å²) in [5.74, 6) is 0.963. The normalized spacial score (nSPS) is 10.8. The van der Waals surface area contributed by atoms with Gasteiger partial charge in [0.15, 0.2) is 0 Å². The highest BCUT2D eigenvalue weighted by Crippen LogP contribution is 2.22. The van der Waals surface area contributed by atoms with Crippen LogP contribution in [0.5, 0.6) is 5.75 Å². The number of hydrogen-bond acceptors (Lipinski definition) is 4. The molecule has 0 spiro atoms. The van der Waals surface area contributed by atoms with Gasteiger partial charge in [-0.2, -0.15) is 0 Å². The first-order valence-corrected chi connectivity index (χ1v) is 7.85. The maximum atomic E-state index is 5.95. The fourth-order valence-corrected chi connectivity index (χ4v) is 2.72. The highest BCUT2D eigenvalue weighted by molar-refractivity contribution is 7.11. The zero-order valence-corrected chi connectivity index (χ0v) is 13.2. The van der Waals surface area contributed by atoms with Crippen LogP contribution in [0.3, 0.4) is 0 Å². The predicted octanol–water partition coefficient (Wildman–Crippen LogP) is 3.84. The van der Waals surface area contributed by atoms with Gasteiger partial charge in [-0.05, 0) is 32.9 Å². The van der Waals surface area contributed by atoms with Crippen LogP contribution in [-0.2, 0) is 13.2 Å². The molecule has 0 aliphatic heterocycles. The number of rotatable bonds is 7. The van der Waals surface area contributed by atoms with E-state index in [9.17, 15) is 0 Å². The molecule has 0 aliphatic carbocycles. The number of benzene rings is 1. The molecule has 1 aromatic carbocycles. The van der Waals surface area contributed by atoms with Crippen molar-refractivity contribution in [2.75, 3.05) is 6.54 Å². The lowest BCUT2D eigenvalue weighted by Crippen LogP contribution is -2.14. The Morgan fingerprint density at radius 2 is 2.15 bits per heavy atom. The van der Waals surface area contributed by atoms with Gasteiger partial charge in [-0.1, -0.05) is 24.6 Å². The van der Waals surface area contributed by atoms with Gasteiger partial charge in [0.05, 0.1) is 9.88 Å². The third kappa shape index (κ3) is 4.32. The van der Waals surface area contributed by atoms with Gasteiger partial charge in [-0.3, -0.25) is 0 Å². The van der Waals surface area contributed by atoms with Gasteiger partial charge in [-0.25, -0.2) is 4.98 Å². The Balaban J connectivity index is 2.01. The number of nitrogens with zero attached hydrogens (tertiary/aromatic N) is 1. The second kappa shape index (κ2) is 7.41. The summed E-state index contributed by atoms with van der Waals surface area (Å²) in [4.78, 5) is 5.41. The number of aryl methyl sites for hydroxylation is 2. The molecule has 4 heteroatoms. The Morgan fingerprint density at radius 3 is 2.85 bits per heavy atom. The summed E-state index contributed by atoms with van der Waals surface area (Å²) in [6, 6.07) is 6.35. The molecule has 0 radical (unpaired) electrons. The van der Waals surface area contributed by atoms with E-state index in [1.165, 1.54) is 11.1 Å². The molecule has 0 saturated heterocycles. The number of nitrogens with one attached hydrogen (secondary N) is 1. The van der Waals surface area contributed by atoms with Crippen molar-refractivity contribution in [2.45, 2.75) is 40.3 Å². The molecule has 2 rings (SSSR count). The van der Waals surface area contributed by atoms with Crippen LogP contribution < -0.4 is 10.1 Å². The molecule has 0 unspecified atom stereocenters. The third-order valence-electron chi connectivity index (χ3n) is 3.00. The number of aromatic nitrogens is 1. The number of hydrogen-bond donors (Lipinski definition) is 1. The van der Waals surface area contributed by atoms with Crippen LogP contribution in [0.15, 0.2) is 24.4 Å². The third-order valence-corrected chi connectivity index (χ3v) is 3.88. The molecule has 3 nitrogen and oxygen atoms in total. The molecule has 2 aromatic rings. The molecule has 1 N–H and O–H groups in total. The fraction of sp³-hybridized carbons (Fsp3) is 0.438. The summed E-state index contributed by atoms with van der Waals surface area (Å²) in [6.07, 6.45) is 3.03. The Morgan fingerprint density at radius 1 is 1.30 bits per heavy atom. The van der Waals surface area contributed by atoms with Crippen LogP contribution in [0.25, 0.3) is 0 Å². The van der Waals surface area contributed by atoms with E-state index in [0.29, 0.717) is 6.61 Å². The first-order valence-electron chi connectivity index (χ1n) is 7.03. The van der Waals surface area contributed by atoms with Gasteiger partial charge in [-0.15, -0.1) is 11.3 Å². The molecule has 108 valence electrons. The topological polar surface area (TPSA) is 34.1 Å². The Kier molecular flexibility index (Phi) is 5.56. The van der Waals surface area contributed by atoms with Gasteiger partial charge in [0.2, 0.25) is 0 Å². The molecule has 0 amide bonds. The summed E-state index contributed by atoms with van der Waals surface area (Å²) in [7, 11) is 0. The SMILES string of the molecule is CCCNCc1cc(C)ccc1OCc1cnc(C)s1. The molecule has 0 atom stereocenters. The molecular formula is C16H22N2OS. The standard InChI is InChI=1S/C16H22N2OS/c1-4-7-17-9-14-8-12(2)5-6-16(14)19-11-15-10-18-13(3)20-15/h5-6,8,10,17H,4,7,9,11H2,1-3H3. The van der Waals surface area contributed by atoms with Crippen molar-refractivity contribution < 1.29 is 4.74 Å². The first-order chi connectivity index (χ1) is 9.69. The Hall–Kier alpha value is -1.39. The van der Waals surface area contributed by atoms with Crippen molar-refractivity contribution in [1.29, 1.82) is 0 Å². The molecule has 1 heterocycles. The summed E-state index contributed by atoms with van der Waals surface area (Å²) in [5, 5.41) is 4.51. The van der Waals surface area contributed by atoms with Gasteiger partial charge in [0.1, 0.15) is 12.4 Å². The lowest BCUT2D eigenvalue weighted by Gasteiger charge is -2.12. The van der Waals surface area contributed by atoms with Crippen molar-refractivity contribution in [3.8, 4) is 5.75 Å². The Bertz CT molecular complexity index is 551.